The standard InChI is InChI=1S/C10H17BrO2/c1-10(2,6-7-11)13-9-5-3-4-8-12-9/h4,8-9H,3,5-7H2,1-2H3. The quantitative estimate of drug-likeness (QED) is 0.712. The molecule has 0 N–H and O–H groups in total. The average Bonchev–Trinajstić information content (AvgIpc) is 2.04. The molecule has 0 saturated heterocycles. The number of alkyl halides is 1. The summed E-state index contributed by atoms with van der Waals surface area (Å²) in [5, 5.41) is 0.961. The average molecular weight is 249 g/mol. The van der Waals surface area contributed by atoms with Gasteiger partial charge in [0.15, 0.2) is 6.29 Å². The zero-order valence-corrected chi connectivity index (χ0v) is 9.84. The van der Waals surface area contributed by atoms with E-state index in [0.29, 0.717) is 0 Å². The molecular formula is C10H17BrO2. The zero-order chi connectivity index (χ0) is 9.73. The Bertz CT molecular complexity index is 178. The molecule has 0 aromatic rings. The predicted molar refractivity (Wildman–Crippen MR) is 56.8 cm³/mol. The normalized spacial score (nSPS) is 22.8. The molecule has 0 amide bonds. The maximum Gasteiger partial charge on any atom is 0.199 e. The molecule has 1 heterocycles. The molecule has 0 bridgehead atoms. The van der Waals surface area contributed by atoms with Crippen molar-refractivity contribution in [3.8, 4) is 0 Å². The van der Waals surface area contributed by atoms with Crippen molar-refractivity contribution in [2.24, 2.45) is 0 Å². The van der Waals surface area contributed by atoms with Crippen LogP contribution in [0.25, 0.3) is 0 Å². The number of hydrogen-bond acceptors (Lipinski definition) is 2. The lowest BCUT2D eigenvalue weighted by Crippen LogP contribution is -2.32. The van der Waals surface area contributed by atoms with Crippen LogP contribution in [0.3, 0.4) is 0 Å². The molecule has 0 fully saturated rings. The summed E-state index contributed by atoms with van der Waals surface area (Å²) in [6.45, 7) is 4.19. The summed E-state index contributed by atoms with van der Waals surface area (Å²) < 4.78 is 11.2. The van der Waals surface area contributed by atoms with Crippen molar-refractivity contribution in [1.82, 2.24) is 0 Å². The van der Waals surface area contributed by atoms with Gasteiger partial charge in [-0.25, -0.2) is 0 Å². The molecule has 0 saturated carbocycles. The molecule has 1 atom stereocenters. The van der Waals surface area contributed by atoms with Gasteiger partial charge in [0.2, 0.25) is 0 Å². The lowest BCUT2D eigenvalue weighted by molar-refractivity contribution is -0.182. The van der Waals surface area contributed by atoms with Crippen LogP contribution >= 0.6 is 15.9 Å². The zero-order valence-electron chi connectivity index (χ0n) is 8.25. The van der Waals surface area contributed by atoms with Crippen LogP contribution in [0.4, 0.5) is 0 Å². The Labute approximate surface area is 88.4 Å². The summed E-state index contributed by atoms with van der Waals surface area (Å²) in [4.78, 5) is 0. The molecule has 0 aromatic carbocycles. The number of halogens is 1. The van der Waals surface area contributed by atoms with Crippen molar-refractivity contribution < 1.29 is 9.47 Å². The van der Waals surface area contributed by atoms with E-state index in [0.717, 1.165) is 24.6 Å². The highest BCUT2D eigenvalue weighted by atomic mass is 79.9. The fraction of sp³-hybridized carbons (Fsp3) is 0.800. The minimum absolute atomic E-state index is 0.0564. The van der Waals surface area contributed by atoms with Gasteiger partial charge in [-0.2, -0.15) is 0 Å². The molecule has 76 valence electrons. The van der Waals surface area contributed by atoms with Crippen molar-refractivity contribution in [3.63, 3.8) is 0 Å². The topological polar surface area (TPSA) is 18.5 Å². The predicted octanol–water partition coefficient (Wildman–Crippen LogP) is 3.22. The highest BCUT2D eigenvalue weighted by molar-refractivity contribution is 9.09. The van der Waals surface area contributed by atoms with Crippen LogP contribution in [-0.4, -0.2) is 17.2 Å². The van der Waals surface area contributed by atoms with E-state index >= 15 is 0 Å². The summed E-state index contributed by atoms with van der Waals surface area (Å²) >= 11 is 3.42. The molecule has 3 heteroatoms. The highest BCUT2D eigenvalue weighted by Gasteiger charge is 2.24. The van der Waals surface area contributed by atoms with E-state index in [9.17, 15) is 0 Å². The van der Waals surface area contributed by atoms with E-state index in [1.165, 1.54) is 0 Å². The first-order valence-electron chi connectivity index (χ1n) is 4.68. The van der Waals surface area contributed by atoms with E-state index in [4.69, 9.17) is 9.47 Å². The SMILES string of the molecule is CC(C)(CCBr)OC1CCC=CO1. The molecule has 0 spiro atoms. The fourth-order valence-electron chi connectivity index (χ4n) is 1.24. The van der Waals surface area contributed by atoms with Gasteiger partial charge in [0.25, 0.3) is 0 Å². The lowest BCUT2D eigenvalue weighted by Gasteiger charge is -2.30. The van der Waals surface area contributed by atoms with Gasteiger partial charge in [-0.3, -0.25) is 0 Å². The van der Waals surface area contributed by atoms with Crippen LogP contribution in [0.2, 0.25) is 0 Å². The molecule has 1 unspecified atom stereocenters. The highest BCUT2D eigenvalue weighted by Crippen LogP contribution is 2.22. The van der Waals surface area contributed by atoms with Gasteiger partial charge in [-0.05, 0) is 32.8 Å². The third-order valence-electron chi connectivity index (χ3n) is 2.04. The molecule has 1 rings (SSSR count). The first-order valence-corrected chi connectivity index (χ1v) is 5.80. The second-order valence-corrected chi connectivity index (χ2v) is 4.62. The maximum atomic E-state index is 5.82. The lowest BCUT2D eigenvalue weighted by atomic mass is 10.1. The second-order valence-electron chi connectivity index (χ2n) is 3.83. The molecule has 1 aliphatic heterocycles. The third kappa shape index (κ3) is 4.14. The maximum absolute atomic E-state index is 5.82. The first-order chi connectivity index (χ1) is 6.14. The molecule has 1 aliphatic rings. The van der Waals surface area contributed by atoms with Crippen molar-refractivity contribution in [2.75, 3.05) is 5.33 Å². The minimum Gasteiger partial charge on any atom is -0.473 e. The third-order valence-corrected chi connectivity index (χ3v) is 2.44. The Morgan fingerprint density at radius 3 is 2.92 bits per heavy atom. The summed E-state index contributed by atoms with van der Waals surface area (Å²) in [6, 6.07) is 0. The van der Waals surface area contributed by atoms with Gasteiger partial charge in [0, 0.05) is 11.8 Å². The Morgan fingerprint density at radius 2 is 2.38 bits per heavy atom. The van der Waals surface area contributed by atoms with Gasteiger partial charge < -0.3 is 9.47 Å². The van der Waals surface area contributed by atoms with E-state index in [2.05, 4.69) is 29.8 Å². The van der Waals surface area contributed by atoms with Crippen LogP contribution < -0.4 is 0 Å². The van der Waals surface area contributed by atoms with Crippen LogP contribution in [-0.2, 0) is 9.47 Å². The second kappa shape index (κ2) is 5.01. The van der Waals surface area contributed by atoms with E-state index in [-0.39, 0.29) is 11.9 Å². The molecule has 2 nitrogen and oxygen atoms in total. The van der Waals surface area contributed by atoms with Gasteiger partial charge in [0.05, 0.1) is 11.9 Å². The summed E-state index contributed by atoms with van der Waals surface area (Å²) in [5.41, 5.74) is -0.0979. The van der Waals surface area contributed by atoms with E-state index in [1.54, 1.807) is 6.26 Å². The number of hydrogen-bond donors (Lipinski definition) is 0. The van der Waals surface area contributed by atoms with Crippen LogP contribution in [0.5, 0.6) is 0 Å². The largest absolute Gasteiger partial charge is 0.473 e. The van der Waals surface area contributed by atoms with Crippen LogP contribution in [0.15, 0.2) is 12.3 Å². The minimum atomic E-state index is -0.0979. The Hall–Kier alpha value is -0.0200. The van der Waals surface area contributed by atoms with Gasteiger partial charge >= 0.3 is 0 Å². The van der Waals surface area contributed by atoms with Crippen molar-refractivity contribution in [1.29, 1.82) is 0 Å². The van der Waals surface area contributed by atoms with Gasteiger partial charge in [0.1, 0.15) is 0 Å². The van der Waals surface area contributed by atoms with Crippen molar-refractivity contribution in [2.45, 2.75) is 45.0 Å². The van der Waals surface area contributed by atoms with E-state index in [1.807, 2.05) is 6.08 Å². The van der Waals surface area contributed by atoms with Gasteiger partial charge in [-0.15, -0.1) is 0 Å². The van der Waals surface area contributed by atoms with Gasteiger partial charge in [-0.1, -0.05) is 15.9 Å². The smallest absolute Gasteiger partial charge is 0.199 e. The molecule has 13 heavy (non-hydrogen) atoms. The summed E-state index contributed by atoms with van der Waals surface area (Å²) in [6.07, 6.45) is 6.71. The molecular weight excluding hydrogens is 232 g/mol. The molecule has 0 aliphatic carbocycles. The number of rotatable bonds is 4. The first kappa shape index (κ1) is 11.1. The number of allylic oxidation sites excluding steroid dienone is 1. The molecule has 0 aromatic heterocycles. The number of ether oxygens (including phenoxy) is 2. The summed E-state index contributed by atoms with van der Waals surface area (Å²) in [5.74, 6) is 0. The summed E-state index contributed by atoms with van der Waals surface area (Å²) in [7, 11) is 0. The Morgan fingerprint density at radius 1 is 1.62 bits per heavy atom. The Balaban J connectivity index is 2.33. The van der Waals surface area contributed by atoms with Crippen LogP contribution in [0.1, 0.15) is 33.1 Å². The van der Waals surface area contributed by atoms with Crippen molar-refractivity contribution in [3.05, 3.63) is 12.3 Å². The molecule has 0 radical (unpaired) electrons. The van der Waals surface area contributed by atoms with Crippen molar-refractivity contribution >= 4 is 15.9 Å². The monoisotopic (exact) mass is 248 g/mol. The van der Waals surface area contributed by atoms with E-state index < -0.39 is 0 Å². The van der Waals surface area contributed by atoms with Crippen LogP contribution in [0, 0.1) is 0 Å². The fourth-order valence-corrected chi connectivity index (χ4v) is 2.20. The Kier molecular flexibility index (Phi) is 4.26.